The van der Waals surface area contributed by atoms with E-state index in [1.807, 2.05) is 13.0 Å². The van der Waals surface area contributed by atoms with Gasteiger partial charge in [0, 0.05) is 5.92 Å². The quantitative estimate of drug-likeness (QED) is 0.875. The van der Waals surface area contributed by atoms with Crippen LogP contribution in [0.2, 0.25) is 0 Å². The zero-order chi connectivity index (χ0) is 13.8. The van der Waals surface area contributed by atoms with Gasteiger partial charge in [0.1, 0.15) is 5.76 Å². The van der Waals surface area contributed by atoms with Gasteiger partial charge in [-0.2, -0.15) is 0 Å². The number of aliphatic carboxylic acids is 1. The molecular weight excluding hydrogens is 246 g/mol. The molecular formula is C14H19NO4. The lowest BCUT2D eigenvalue weighted by molar-refractivity contribution is -0.144. The molecule has 1 aliphatic carbocycles. The van der Waals surface area contributed by atoms with Crippen molar-refractivity contribution in [3.8, 4) is 0 Å². The summed E-state index contributed by atoms with van der Waals surface area (Å²) in [5.74, 6) is -0.749. The first-order valence-electron chi connectivity index (χ1n) is 6.64. The third-order valence-electron chi connectivity index (χ3n) is 3.72. The Bertz CT molecular complexity index is 440. The summed E-state index contributed by atoms with van der Waals surface area (Å²) in [4.78, 5) is 23.1. The molecule has 0 unspecified atom stereocenters. The van der Waals surface area contributed by atoms with Crippen LogP contribution in [0.15, 0.2) is 22.8 Å². The number of amides is 1. The van der Waals surface area contributed by atoms with Gasteiger partial charge in [-0.25, -0.2) is 0 Å². The SMILES string of the molecule is C[C@H](NC(=O)[C@H]1CCC[C@H](C(=O)O)C1)c1ccco1. The Morgan fingerprint density at radius 2 is 2.16 bits per heavy atom. The molecule has 0 spiro atoms. The van der Waals surface area contributed by atoms with E-state index in [1.165, 1.54) is 0 Å². The Hall–Kier alpha value is -1.78. The molecule has 3 atom stereocenters. The molecule has 1 aromatic heterocycles. The fraction of sp³-hybridized carbons (Fsp3) is 0.571. The highest BCUT2D eigenvalue weighted by Crippen LogP contribution is 2.29. The number of carbonyl (C=O) groups is 2. The van der Waals surface area contributed by atoms with Crippen molar-refractivity contribution in [2.45, 2.75) is 38.6 Å². The van der Waals surface area contributed by atoms with Crippen LogP contribution in [0.3, 0.4) is 0 Å². The average Bonchev–Trinajstić information content (AvgIpc) is 2.92. The summed E-state index contributed by atoms with van der Waals surface area (Å²) in [5, 5.41) is 11.9. The van der Waals surface area contributed by atoms with Crippen LogP contribution in [0.4, 0.5) is 0 Å². The van der Waals surface area contributed by atoms with Crippen LogP contribution in [0.1, 0.15) is 44.4 Å². The van der Waals surface area contributed by atoms with Gasteiger partial charge in [0.25, 0.3) is 0 Å². The highest BCUT2D eigenvalue weighted by atomic mass is 16.4. The number of rotatable bonds is 4. The lowest BCUT2D eigenvalue weighted by atomic mass is 9.81. The fourth-order valence-corrected chi connectivity index (χ4v) is 2.59. The van der Waals surface area contributed by atoms with Gasteiger partial charge in [0.15, 0.2) is 0 Å². The summed E-state index contributed by atoms with van der Waals surface area (Å²) in [6, 6.07) is 3.40. The third-order valence-corrected chi connectivity index (χ3v) is 3.72. The van der Waals surface area contributed by atoms with Crippen LogP contribution in [-0.2, 0) is 9.59 Å². The van der Waals surface area contributed by atoms with Gasteiger partial charge in [-0.05, 0) is 38.3 Å². The van der Waals surface area contributed by atoms with E-state index >= 15 is 0 Å². The van der Waals surface area contributed by atoms with E-state index in [1.54, 1.807) is 12.3 Å². The molecule has 5 heteroatoms. The van der Waals surface area contributed by atoms with Crippen molar-refractivity contribution in [3.05, 3.63) is 24.2 Å². The summed E-state index contributed by atoms with van der Waals surface area (Å²) in [6.07, 6.45) is 4.24. The summed E-state index contributed by atoms with van der Waals surface area (Å²) in [7, 11) is 0. The van der Waals surface area contributed by atoms with Gasteiger partial charge in [-0.1, -0.05) is 6.42 Å². The number of hydrogen-bond acceptors (Lipinski definition) is 3. The minimum atomic E-state index is -0.795. The van der Waals surface area contributed by atoms with Gasteiger partial charge in [-0.15, -0.1) is 0 Å². The van der Waals surface area contributed by atoms with Crippen molar-refractivity contribution in [2.24, 2.45) is 11.8 Å². The Morgan fingerprint density at radius 3 is 2.79 bits per heavy atom. The molecule has 2 rings (SSSR count). The monoisotopic (exact) mass is 265 g/mol. The molecule has 1 aromatic rings. The van der Waals surface area contributed by atoms with Crippen LogP contribution >= 0.6 is 0 Å². The molecule has 1 fully saturated rings. The molecule has 0 radical (unpaired) electrons. The summed E-state index contributed by atoms with van der Waals surface area (Å²) >= 11 is 0. The summed E-state index contributed by atoms with van der Waals surface area (Å²) in [5.41, 5.74) is 0. The van der Waals surface area contributed by atoms with E-state index < -0.39 is 5.97 Å². The second-order valence-electron chi connectivity index (χ2n) is 5.14. The molecule has 1 heterocycles. The van der Waals surface area contributed by atoms with E-state index in [2.05, 4.69) is 5.32 Å². The summed E-state index contributed by atoms with van der Waals surface area (Å²) in [6.45, 7) is 1.86. The number of hydrogen-bond donors (Lipinski definition) is 2. The topological polar surface area (TPSA) is 79.5 Å². The molecule has 2 N–H and O–H groups in total. The van der Waals surface area contributed by atoms with Crippen molar-refractivity contribution >= 4 is 11.9 Å². The number of nitrogens with one attached hydrogen (secondary N) is 1. The van der Waals surface area contributed by atoms with Gasteiger partial charge in [0.2, 0.25) is 5.91 Å². The number of carboxylic acids is 1. The molecule has 0 saturated heterocycles. The van der Waals surface area contributed by atoms with Crippen molar-refractivity contribution < 1.29 is 19.1 Å². The smallest absolute Gasteiger partial charge is 0.306 e. The first-order chi connectivity index (χ1) is 9.08. The average molecular weight is 265 g/mol. The van der Waals surface area contributed by atoms with Gasteiger partial charge < -0.3 is 14.8 Å². The van der Waals surface area contributed by atoms with Gasteiger partial charge in [-0.3, -0.25) is 9.59 Å². The molecule has 19 heavy (non-hydrogen) atoms. The predicted octanol–water partition coefficient (Wildman–Crippen LogP) is 2.35. The van der Waals surface area contributed by atoms with Crippen LogP contribution in [0, 0.1) is 11.8 Å². The molecule has 0 aliphatic heterocycles. The summed E-state index contributed by atoms with van der Waals surface area (Å²) < 4.78 is 5.23. The maximum absolute atomic E-state index is 12.1. The molecule has 5 nitrogen and oxygen atoms in total. The van der Waals surface area contributed by atoms with Crippen LogP contribution in [0.25, 0.3) is 0 Å². The molecule has 1 amide bonds. The van der Waals surface area contributed by atoms with Crippen molar-refractivity contribution in [1.29, 1.82) is 0 Å². The van der Waals surface area contributed by atoms with E-state index in [-0.39, 0.29) is 23.8 Å². The fourth-order valence-electron chi connectivity index (χ4n) is 2.59. The zero-order valence-electron chi connectivity index (χ0n) is 11.0. The number of carboxylic acid groups (broad SMARTS) is 1. The first kappa shape index (κ1) is 13.6. The highest BCUT2D eigenvalue weighted by molar-refractivity contribution is 5.80. The maximum atomic E-state index is 12.1. The Labute approximate surface area is 112 Å². The lowest BCUT2D eigenvalue weighted by Crippen LogP contribution is -2.36. The molecule has 1 aliphatic rings. The predicted molar refractivity (Wildman–Crippen MR) is 68.3 cm³/mol. The molecule has 0 aromatic carbocycles. The largest absolute Gasteiger partial charge is 0.481 e. The highest BCUT2D eigenvalue weighted by Gasteiger charge is 2.31. The van der Waals surface area contributed by atoms with E-state index in [9.17, 15) is 9.59 Å². The lowest BCUT2D eigenvalue weighted by Gasteiger charge is -2.26. The Balaban J connectivity index is 1.91. The van der Waals surface area contributed by atoms with Crippen LogP contribution in [0.5, 0.6) is 0 Å². The second-order valence-corrected chi connectivity index (χ2v) is 5.14. The van der Waals surface area contributed by atoms with Crippen molar-refractivity contribution in [3.63, 3.8) is 0 Å². The van der Waals surface area contributed by atoms with E-state index in [4.69, 9.17) is 9.52 Å². The standard InChI is InChI=1S/C14H19NO4/c1-9(12-6-3-7-19-12)15-13(16)10-4-2-5-11(8-10)14(17)18/h3,6-7,9-11H,2,4-5,8H2,1H3,(H,15,16)(H,17,18)/t9-,10-,11-/m0/s1. The zero-order valence-corrected chi connectivity index (χ0v) is 11.0. The second kappa shape index (κ2) is 5.91. The van der Waals surface area contributed by atoms with E-state index in [0.717, 1.165) is 12.8 Å². The van der Waals surface area contributed by atoms with Crippen molar-refractivity contribution in [2.75, 3.05) is 0 Å². The molecule has 1 saturated carbocycles. The van der Waals surface area contributed by atoms with Crippen LogP contribution in [-0.4, -0.2) is 17.0 Å². The molecule has 104 valence electrons. The van der Waals surface area contributed by atoms with E-state index in [0.29, 0.717) is 18.6 Å². The van der Waals surface area contributed by atoms with Gasteiger partial charge in [0.05, 0.1) is 18.2 Å². The number of furan rings is 1. The third kappa shape index (κ3) is 3.36. The van der Waals surface area contributed by atoms with Crippen LogP contribution < -0.4 is 5.32 Å². The van der Waals surface area contributed by atoms with Gasteiger partial charge >= 0.3 is 5.97 Å². The number of carbonyl (C=O) groups excluding carboxylic acids is 1. The minimum absolute atomic E-state index is 0.0742. The normalized spacial score (nSPS) is 24.7. The molecule has 0 bridgehead atoms. The van der Waals surface area contributed by atoms with Crippen molar-refractivity contribution in [1.82, 2.24) is 5.32 Å². The Morgan fingerprint density at radius 1 is 1.42 bits per heavy atom. The minimum Gasteiger partial charge on any atom is -0.481 e. The first-order valence-corrected chi connectivity index (χ1v) is 6.64. The maximum Gasteiger partial charge on any atom is 0.306 e. The Kier molecular flexibility index (Phi) is 4.24.